The molecule has 0 fully saturated rings. The number of Topliss-reactive ketones (excluding diaryl/α,β-unsaturated/α-hetero) is 1. The standard InChI is InChI=1S/C20H21Cl2N3O6/c1-10(26)17(25-24-15-6-11(21)7-16(29-3)19(15)31-5)20(27)23-14-9-12(28-2)8-13(22)18(14)30-4/h6-9,17H,1-5H3,(H,23,27). The summed E-state index contributed by atoms with van der Waals surface area (Å²) in [4.78, 5) is 24.9. The van der Waals surface area contributed by atoms with Gasteiger partial charge in [0.2, 0.25) is 6.04 Å². The fraction of sp³-hybridized carbons (Fsp3) is 0.300. The first-order chi connectivity index (χ1) is 14.7. The molecular formula is C20H21Cl2N3O6. The smallest absolute Gasteiger partial charge is 0.258 e. The Balaban J connectivity index is 2.38. The summed E-state index contributed by atoms with van der Waals surface area (Å²) in [7, 11) is 5.69. The molecule has 0 aliphatic heterocycles. The van der Waals surface area contributed by atoms with Crippen LogP contribution in [0.25, 0.3) is 0 Å². The zero-order valence-electron chi connectivity index (χ0n) is 17.5. The van der Waals surface area contributed by atoms with Crippen LogP contribution in [0.3, 0.4) is 0 Å². The van der Waals surface area contributed by atoms with E-state index in [-0.39, 0.29) is 27.9 Å². The number of nitrogens with one attached hydrogen (secondary N) is 1. The van der Waals surface area contributed by atoms with Gasteiger partial charge in [0.05, 0.1) is 39.1 Å². The Hall–Kier alpha value is -3.04. The molecule has 1 atom stereocenters. The Morgan fingerprint density at radius 3 is 2.16 bits per heavy atom. The van der Waals surface area contributed by atoms with Gasteiger partial charge < -0.3 is 24.3 Å². The first-order valence-corrected chi connectivity index (χ1v) is 9.56. The van der Waals surface area contributed by atoms with Crippen LogP contribution in [0.1, 0.15) is 6.92 Å². The Morgan fingerprint density at radius 2 is 1.61 bits per heavy atom. The third-order valence-corrected chi connectivity index (χ3v) is 4.55. The highest BCUT2D eigenvalue weighted by Crippen LogP contribution is 2.40. The Bertz CT molecular complexity index is 1010. The van der Waals surface area contributed by atoms with Crippen LogP contribution in [0.4, 0.5) is 11.4 Å². The van der Waals surface area contributed by atoms with Gasteiger partial charge in [0.25, 0.3) is 5.91 Å². The molecule has 1 N–H and O–H groups in total. The number of hydrogen-bond donors (Lipinski definition) is 1. The van der Waals surface area contributed by atoms with Crippen LogP contribution < -0.4 is 24.3 Å². The van der Waals surface area contributed by atoms with Crippen molar-refractivity contribution in [2.24, 2.45) is 10.2 Å². The average molecular weight is 470 g/mol. The first kappa shape index (κ1) is 24.2. The number of benzene rings is 2. The van der Waals surface area contributed by atoms with E-state index >= 15 is 0 Å². The topological polar surface area (TPSA) is 108 Å². The monoisotopic (exact) mass is 469 g/mol. The molecule has 31 heavy (non-hydrogen) atoms. The molecule has 166 valence electrons. The summed E-state index contributed by atoms with van der Waals surface area (Å²) in [6, 6.07) is 4.57. The van der Waals surface area contributed by atoms with Gasteiger partial charge in [-0.2, -0.15) is 10.2 Å². The van der Waals surface area contributed by atoms with Gasteiger partial charge in [-0.15, -0.1) is 0 Å². The van der Waals surface area contributed by atoms with Gasteiger partial charge in [-0.25, -0.2) is 0 Å². The molecule has 0 heterocycles. The highest BCUT2D eigenvalue weighted by molar-refractivity contribution is 6.33. The molecule has 0 bridgehead atoms. The number of methoxy groups -OCH3 is 4. The van der Waals surface area contributed by atoms with Crippen LogP contribution in [0.2, 0.25) is 10.0 Å². The lowest BCUT2D eigenvalue weighted by Crippen LogP contribution is -2.32. The second-order valence-corrected chi connectivity index (χ2v) is 6.91. The first-order valence-electron chi connectivity index (χ1n) is 8.80. The lowest BCUT2D eigenvalue weighted by molar-refractivity contribution is -0.126. The van der Waals surface area contributed by atoms with Gasteiger partial charge in [-0.3, -0.25) is 9.59 Å². The fourth-order valence-corrected chi connectivity index (χ4v) is 3.10. The van der Waals surface area contributed by atoms with Crippen LogP contribution in [-0.4, -0.2) is 46.2 Å². The molecule has 1 unspecified atom stereocenters. The van der Waals surface area contributed by atoms with Gasteiger partial charge in [-0.1, -0.05) is 23.2 Å². The number of ether oxygens (including phenoxy) is 4. The third kappa shape index (κ3) is 5.77. The largest absolute Gasteiger partial charge is 0.497 e. The highest BCUT2D eigenvalue weighted by Gasteiger charge is 2.25. The second kappa shape index (κ2) is 10.8. The molecule has 0 spiro atoms. The van der Waals surface area contributed by atoms with E-state index in [1.807, 2.05) is 0 Å². The van der Waals surface area contributed by atoms with Crippen molar-refractivity contribution in [3.05, 3.63) is 34.3 Å². The van der Waals surface area contributed by atoms with Crippen LogP contribution in [0, 0.1) is 0 Å². The maximum Gasteiger partial charge on any atom is 0.258 e. The van der Waals surface area contributed by atoms with E-state index in [2.05, 4.69) is 15.5 Å². The van der Waals surface area contributed by atoms with E-state index in [1.54, 1.807) is 0 Å². The van der Waals surface area contributed by atoms with Crippen molar-refractivity contribution in [3.63, 3.8) is 0 Å². The predicted molar refractivity (Wildman–Crippen MR) is 117 cm³/mol. The van der Waals surface area contributed by atoms with Crippen molar-refractivity contribution < 1.29 is 28.5 Å². The van der Waals surface area contributed by atoms with Crippen LogP contribution >= 0.6 is 23.2 Å². The van der Waals surface area contributed by atoms with Gasteiger partial charge in [0, 0.05) is 23.2 Å². The molecule has 0 radical (unpaired) electrons. The molecule has 11 heteroatoms. The molecule has 1 amide bonds. The SMILES string of the molecule is COc1cc(Cl)c(OC)c(NC(=O)C(N=Nc2cc(Cl)cc(OC)c2OC)C(C)=O)c1. The number of amides is 1. The maximum atomic E-state index is 12.8. The molecule has 0 saturated carbocycles. The van der Waals surface area contributed by atoms with Crippen molar-refractivity contribution in [1.82, 2.24) is 0 Å². The Labute approximate surface area is 189 Å². The fourth-order valence-electron chi connectivity index (χ4n) is 2.61. The second-order valence-electron chi connectivity index (χ2n) is 6.07. The summed E-state index contributed by atoms with van der Waals surface area (Å²) < 4.78 is 20.9. The van der Waals surface area contributed by atoms with Gasteiger partial charge in [0.15, 0.2) is 23.0 Å². The molecule has 0 aliphatic rings. The van der Waals surface area contributed by atoms with E-state index in [0.717, 1.165) is 0 Å². The minimum absolute atomic E-state index is 0.188. The van der Waals surface area contributed by atoms with Crippen LogP contribution in [0.5, 0.6) is 23.0 Å². The zero-order chi connectivity index (χ0) is 23.1. The zero-order valence-corrected chi connectivity index (χ0v) is 19.0. The summed E-state index contributed by atoms with van der Waals surface area (Å²) in [6.45, 7) is 1.22. The number of ketones is 1. The summed E-state index contributed by atoms with van der Waals surface area (Å²) in [6.07, 6.45) is 0. The number of halogens is 2. The van der Waals surface area contributed by atoms with Gasteiger partial charge >= 0.3 is 0 Å². The Morgan fingerprint density at radius 1 is 0.935 bits per heavy atom. The van der Waals surface area contributed by atoms with E-state index in [1.165, 1.54) is 59.6 Å². The minimum atomic E-state index is -1.45. The molecule has 9 nitrogen and oxygen atoms in total. The highest BCUT2D eigenvalue weighted by atomic mass is 35.5. The van der Waals surface area contributed by atoms with Crippen molar-refractivity contribution in [2.45, 2.75) is 13.0 Å². The average Bonchev–Trinajstić information content (AvgIpc) is 2.72. The van der Waals surface area contributed by atoms with Gasteiger partial charge in [-0.05, 0) is 13.0 Å². The van der Waals surface area contributed by atoms with E-state index < -0.39 is 17.7 Å². The summed E-state index contributed by atoms with van der Waals surface area (Å²) >= 11 is 12.2. The molecule has 0 saturated heterocycles. The summed E-state index contributed by atoms with van der Waals surface area (Å²) in [5.74, 6) is -0.119. The number of hydrogen-bond acceptors (Lipinski definition) is 8. The minimum Gasteiger partial charge on any atom is -0.497 e. The molecule has 2 aromatic rings. The maximum absolute atomic E-state index is 12.8. The van der Waals surface area contributed by atoms with Crippen molar-refractivity contribution in [1.29, 1.82) is 0 Å². The number of azo groups is 1. The third-order valence-electron chi connectivity index (χ3n) is 4.05. The van der Waals surface area contributed by atoms with E-state index in [9.17, 15) is 9.59 Å². The molecule has 2 rings (SSSR count). The molecular weight excluding hydrogens is 449 g/mol. The quantitative estimate of drug-likeness (QED) is 0.420. The van der Waals surface area contributed by atoms with Crippen molar-refractivity contribution >= 4 is 46.3 Å². The number of rotatable bonds is 9. The molecule has 0 aliphatic carbocycles. The lowest BCUT2D eigenvalue weighted by Gasteiger charge is -2.15. The molecule has 2 aromatic carbocycles. The van der Waals surface area contributed by atoms with Crippen molar-refractivity contribution in [2.75, 3.05) is 33.8 Å². The molecule has 0 aromatic heterocycles. The summed E-state index contributed by atoms with van der Waals surface area (Å²) in [5, 5.41) is 11.0. The summed E-state index contributed by atoms with van der Waals surface area (Å²) in [5.41, 5.74) is 0.396. The number of carbonyl (C=O) groups excluding carboxylic acids is 2. The Kier molecular flexibility index (Phi) is 8.47. The normalized spacial score (nSPS) is 11.7. The van der Waals surface area contributed by atoms with E-state index in [4.69, 9.17) is 42.1 Å². The van der Waals surface area contributed by atoms with Gasteiger partial charge in [0.1, 0.15) is 11.4 Å². The lowest BCUT2D eigenvalue weighted by atomic mass is 10.2. The predicted octanol–water partition coefficient (Wildman–Crippen LogP) is 4.71. The van der Waals surface area contributed by atoms with E-state index in [0.29, 0.717) is 16.5 Å². The van der Waals surface area contributed by atoms with Crippen LogP contribution in [0.15, 0.2) is 34.5 Å². The number of nitrogens with zero attached hydrogens (tertiary/aromatic N) is 2. The number of anilines is 1. The van der Waals surface area contributed by atoms with Crippen molar-refractivity contribution in [3.8, 4) is 23.0 Å². The van der Waals surface area contributed by atoms with Crippen LogP contribution in [-0.2, 0) is 9.59 Å². The number of carbonyl (C=O) groups is 2.